The van der Waals surface area contributed by atoms with Gasteiger partial charge in [-0.25, -0.2) is 4.79 Å². The Labute approximate surface area is 143 Å². The Bertz CT molecular complexity index is 803. The highest BCUT2D eigenvalue weighted by atomic mass is 16.5. The Morgan fingerprint density at radius 3 is 2.64 bits per heavy atom. The minimum atomic E-state index is -1.53. The molecule has 0 unspecified atom stereocenters. The molecule has 4 rings (SSSR count). The van der Waals surface area contributed by atoms with Crippen molar-refractivity contribution in [2.75, 3.05) is 11.5 Å². The van der Waals surface area contributed by atoms with Crippen LogP contribution in [0.4, 0.5) is 5.69 Å². The van der Waals surface area contributed by atoms with E-state index in [4.69, 9.17) is 10.5 Å². The van der Waals surface area contributed by atoms with Crippen LogP contribution in [0.1, 0.15) is 36.0 Å². The number of nitrogens with zero attached hydrogens (tertiary/aromatic N) is 2. The molecule has 0 spiro atoms. The number of para-hydroxylation sites is 1. The van der Waals surface area contributed by atoms with E-state index in [1.54, 1.807) is 24.3 Å². The van der Waals surface area contributed by atoms with Crippen molar-refractivity contribution in [3.05, 3.63) is 29.8 Å². The van der Waals surface area contributed by atoms with E-state index < -0.39 is 24.1 Å². The van der Waals surface area contributed by atoms with Gasteiger partial charge in [0.15, 0.2) is 6.61 Å². The molecular formula is C17H17N3O5. The van der Waals surface area contributed by atoms with Gasteiger partial charge in [-0.05, 0) is 25.0 Å². The van der Waals surface area contributed by atoms with Crippen molar-refractivity contribution in [1.29, 1.82) is 0 Å². The van der Waals surface area contributed by atoms with Crippen molar-refractivity contribution in [1.82, 2.24) is 4.90 Å². The zero-order valence-electron chi connectivity index (χ0n) is 13.4. The van der Waals surface area contributed by atoms with E-state index in [0.29, 0.717) is 11.3 Å². The van der Waals surface area contributed by atoms with Crippen LogP contribution in [0.3, 0.4) is 0 Å². The van der Waals surface area contributed by atoms with Crippen LogP contribution in [0.5, 0.6) is 0 Å². The number of carbonyl (C=O) groups is 4. The summed E-state index contributed by atoms with van der Waals surface area (Å²) in [6, 6.07) is 6.62. The fraction of sp³-hybridized carbons (Fsp3) is 0.412. The van der Waals surface area contributed by atoms with Crippen molar-refractivity contribution in [3.8, 4) is 0 Å². The van der Waals surface area contributed by atoms with Crippen molar-refractivity contribution in [2.45, 2.75) is 37.4 Å². The number of carbonyl (C=O) groups excluding carboxylic acids is 4. The lowest BCUT2D eigenvalue weighted by Gasteiger charge is -2.48. The molecule has 2 N–H and O–H groups in total. The van der Waals surface area contributed by atoms with Crippen LogP contribution in [0.25, 0.3) is 0 Å². The van der Waals surface area contributed by atoms with Crippen LogP contribution < -0.4 is 10.6 Å². The summed E-state index contributed by atoms with van der Waals surface area (Å²) in [7, 11) is 0. The number of fused-ring (bicyclic) bond motifs is 3. The third-order valence-electron chi connectivity index (χ3n) is 4.88. The summed E-state index contributed by atoms with van der Waals surface area (Å²) in [4.78, 5) is 52.5. The number of primary amides is 1. The van der Waals surface area contributed by atoms with Crippen molar-refractivity contribution >= 4 is 29.4 Å². The molecule has 1 aliphatic carbocycles. The first kappa shape index (κ1) is 15.6. The van der Waals surface area contributed by atoms with Crippen molar-refractivity contribution in [2.24, 2.45) is 5.73 Å². The lowest BCUT2D eigenvalue weighted by molar-refractivity contribution is -0.159. The SMILES string of the molecule is NC(=O)COC(=O)[C@]12CCC(=O)N1c1ccccc1C(=O)N2C1CC1. The van der Waals surface area contributed by atoms with E-state index in [9.17, 15) is 19.2 Å². The predicted octanol–water partition coefficient (Wildman–Crippen LogP) is 0.156. The molecule has 1 saturated carbocycles. The molecule has 25 heavy (non-hydrogen) atoms. The van der Waals surface area contributed by atoms with Gasteiger partial charge in [0, 0.05) is 18.9 Å². The highest BCUT2D eigenvalue weighted by Crippen LogP contribution is 2.49. The van der Waals surface area contributed by atoms with E-state index in [-0.39, 0.29) is 30.7 Å². The lowest BCUT2D eigenvalue weighted by Crippen LogP contribution is -2.69. The van der Waals surface area contributed by atoms with Gasteiger partial charge in [0.1, 0.15) is 0 Å². The fourth-order valence-electron chi connectivity index (χ4n) is 3.76. The average molecular weight is 343 g/mol. The van der Waals surface area contributed by atoms with Gasteiger partial charge in [-0.15, -0.1) is 0 Å². The zero-order chi connectivity index (χ0) is 17.8. The van der Waals surface area contributed by atoms with Crippen LogP contribution in [0, 0.1) is 0 Å². The Balaban J connectivity index is 1.86. The molecule has 2 fully saturated rings. The van der Waals surface area contributed by atoms with Crippen LogP contribution in [0.15, 0.2) is 24.3 Å². The number of hydrogen-bond acceptors (Lipinski definition) is 5. The fourth-order valence-corrected chi connectivity index (χ4v) is 3.76. The molecule has 0 aromatic heterocycles. The summed E-state index contributed by atoms with van der Waals surface area (Å²) in [5.74, 6) is -2.12. The van der Waals surface area contributed by atoms with Crippen LogP contribution >= 0.6 is 0 Å². The van der Waals surface area contributed by atoms with E-state index >= 15 is 0 Å². The van der Waals surface area contributed by atoms with Gasteiger partial charge >= 0.3 is 5.97 Å². The molecule has 3 amide bonds. The molecule has 0 radical (unpaired) electrons. The van der Waals surface area contributed by atoms with Gasteiger partial charge in [0.25, 0.3) is 11.8 Å². The maximum atomic E-state index is 13.1. The predicted molar refractivity (Wildman–Crippen MR) is 85.2 cm³/mol. The number of anilines is 1. The largest absolute Gasteiger partial charge is 0.452 e. The second kappa shape index (κ2) is 5.30. The van der Waals surface area contributed by atoms with Gasteiger partial charge < -0.3 is 15.4 Å². The molecule has 1 aromatic rings. The molecule has 1 aromatic carbocycles. The lowest BCUT2D eigenvalue weighted by atomic mass is 9.96. The normalized spacial score (nSPS) is 24.8. The molecule has 8 nitrogen and oxygen atoms in total. The van der Waals surface area contributed by atoms with Crippen LogP contribution in [0.2, 0.25) is 0 Å². The van der Waals surface area contributed by atoms with Crippen LogP contribution in [-0.2, 0) is 19.1 Å². The molecule has 8 heteroatoms. The highest BCUT2D eigenvalue weighted by Gasteiger charge is 2.64. The first-order valence-corrected chi connectivity index (χ1v) is 8.18. The van der Waals surface area contributed by atoms with E-state index in [0.717, 1.165) is 12.8 Å². The number of benzene rings is 1. The summed E-state index contributed by atoms with van der Waals surface area (Å²) in [5, 5.41) is 0. The topological polar surface area (TPSA) is 110 Å². The summed E-state index contributed by atoms with van der Waals surface area (Å²) in [5.41, 5.74) is 4.33. The standard InChI is InChI=1S/C17H17N3O5/c18-13(21)9-25-16(24)17-8-7-14(22)20(17)12-4-2-1-3-11(12)15(23)19(17)10-5-6-10/h1-4,10H,5-9H2,(H2,18,21)/t17-/m0/s1. The van der Waals surface area contributed by atoms with Crippen molar-refractivity contribution < 1.29 is 23.9 Å². The maximum absolute atomic E-state index is 13.1. The second-order valence-electron chi connectivity index (χ2n) is 6.51. The Hall–Kier alpha value is -2.90. The highest BCUT2D eigenvalue weighted by molar-refractivity contribution is 6.15. The van der Waals surface area contributed by atoms with E-state index in [2.05, 4.69) is 0 Å². The third-order valence-corrected chi connectivity index (χ3v) is 4.88. The minimum Gasteiger partial charge on any atom is -0.452 e. The van der Waals surface area contributed by atoms with Gasteiger partial charge in [0.05, 0.1) is 11.3 Å². The smallest absolute Gasteiger partial charge is 0.354 e. The van der Waals surface area contributed by atoms with Gasteiger partial charge in [0.2, 0.25) is 11.6 Å². The minimum absolute atomic E-state index is 0.115. The van der Waals surface area contributed by atoms with Crippen molar-refractivity contribution in [3.63, 3.8) is 0 Å². The Kier molecular flexibility index (Phi) is 3.31. The number of ether oxygens (including phenoxy) is 1. The quantitative estimate of drug-likeness (QED) is 0.783. The van der Waals surface area contributed by atoms with Gasteiger partial charge in [-0.2, -0.15) is 0 Å². The van der Waals surface area contributed by atoms with Crippen LogP contribution in [-0.4, -0.2) is 46.9 Å². The molecule has 2 aliphatic heterocycles. The molecule has 130 valence electrons. The number of nitrogens with two attached hydrogens (primary N) is 1. The molecule has 2 heterocycles. The molecule has 0 bridgehead atoms. The summed E-state index contributed by atoms with van der Waals surface area (Å²) in [6.45, 7) is -0.586. The first-order valence-electron chi connectivity index (χ1n) is 8.18. The number of esters is 1. The molecular weight excluding hydrogens is 326 g/mol. The monoisotopic (exact) mass is 343 g/mol. The maximum Gasteiger partial charge on any atom is 0.354 e. The average Bonchev–Trinajstić information content (AvgIpc) is 3.36. The van der Waals surface area contributed by atoms with Gasteiger partial charge in [-0.3, -0.25) is 19.3 Å². The van der Waals surface area contributed by atoms with Gasteiger partial charge in [-0.1, -0.05) is 12.1 Å². The molecule has 3 aliphatic rings. The Morgan fingerprint density at radius 2 is 1.96 bits per heavy atom. The zero-order valence-corrected chi connectivity index (χ0v) is 13.4. The summed E-state index contributed by atoms with van der Waals surface area (Å²) in [6.07, 6.45) is 1.79. The molecule has 1 saturated heterocycles. The Morgan fingerprint density at radius 1 is 1.24 bits per heavy atom. The summed E-state index contributed by atoms with van der Waals surface area (Å²) >= 11 is 0. The molecule has 1 atom stereocenters. The van der Waals surface area contributed by atoms with E-state index in [1.807, 2.05) is 0 Å². The number of rotatable bonds is 4. The van der Waals surface area contributed by atoms with E-state index in [1.165, 1.54) is 9.80 Å². The first-order chi connectivity index (χ1) is 12.0. The summed E-state index contributed by atoms with van der Waals surface area (Å²) < 4.78 is 5.07. The second-order valence-corrected chi connectivity index (χ2v) is 6.51. The third kappa shape index (κ3) is 2.13. The number of hydrogen-bond donors (Lipinski definition) is 1. The number of amides is 3.